The number of rotatable bonds is 7. The number of carbonyl (C=O) groups excluding carboxylic acids is 1. The van der Waals surface area contributed by atoms with Crippen molar-refractivity contribution >= 4 is 5.91 Å². The first-order valence-corrected chi connectivity index (χ1v) is 9.39. The van der Waals surface area contributed by atoms with Crippen LogP contribution in [0.15, 0.2) is 78.9 Å². The minimum Gasteiger partial charge on any atom is -0.359 e. The predicted octanol–water partition coefficient (Wildman–Crippen LogP) is 5.29. The van der Waals surface area contributed by atoms with Crippen LogP contribution in [0, 0.1) is 11.6 Å². The Morgan fingerprint density at radius 2 is 1.41 bits per heavy atom. The van der Waals surface area contributed by atoms with E-state index in [1.807, 2.05) is 60.7 Å². The molecule has 1 unspecified atom stereocenters. The van der Waals surface area contributed by atoms with Crippen molar-refractivity contribution in [2.24, 2.45) is 0 Å². The molecule has 29 heavy (non-hydrogen) atoms. The SMILES string of the molecule is CC(c1ccc(F)c(F)c1)N(C)C(=O)COC(c1ccccc1)c1ccccc1. The first kappa shape index (κ1) is 20.7. The molecule has 150 valence electrons. The molecule has 3 aromatic carbocycles. The van der Waals surface area contributed by atoms with E-state index in [9.17, 15) is 13.6 Å². The molecule has 0 aliphatic carbocycles. The van der Waals surface area contributed by atoms with E-state index >= 15 is 0 Å². The average Bonchev–Trinajstić information content (AvgIpc) is 2.76. The van der Waals surface area contributed by atoms with Crippen LogP contribution in [-0.4, -0.2) is 24.5 Å². The number of halogens is 2. The second-order valence-electron chi connectivity index (χ2n) is 6.87. The molecule has 0 spiro atoms. The molecule has 3 rings (SSSR count). The van der Waals surface area contributed by atoms with Crippen LogP contribution in [0.2, 0.25) is 0 Å². The molecule has 0 N–H and O–H groups in total. The van der Waals surface area contributed by atoms with E-state index in [-0.39, 0.29) is 18.6 Å². The van der Waals surface area contributed by atoms with E-state index in [2.05, 4.69) is 0 Å². The second kappa shape index (κ2) is 9.43. The smallest absolute Gasteiger partial charge is 0.248 e. The molecular weight excluding hydrogens is 372 g/mol. The normalized spacial score (nSPS) is 12.0. The standard InChI is InChI=1S/C24H23F2NO2/c1-17(20-13-14-21(25)22(26)15-20)27(2)23(28)16-29-24(18-9-5-3-6-10-18)19-11-7-4-8-12-19/h3-15,17,24H,16H2,1-2H3. The first-order chi connectivity index (χ1) is 14.0. The molecule has 0 heterocycles. The summed E-state index contributed by atoms with van der Waals surface area (Å²) in [7, 11) is 1.62. The maximum atomic E-state index is 13.5. The average molecular weight is 395 g/mol. The topological polar surface area (TPSA) is 29.5 Å². The highest BCUT2D eigenvalue weighted by Crippen LogP contribution is 2.26. The van der Waals surface area contributed by atoms with Crippen LogP contribution in [0.25, 0.3) is 0 Å². The Labute approximate surface area is 169 Å². The first-order valence-electron chi connectivity index (χ1n) is 9.39. The lowest BCUT2D eigenvalue weighted by Crippen LogP contribution is -2.33. The molecule has 0 bridgehead atoms. The van der Waals surface area contributed by atoms with Crippen molar-refractivity contribution in [3.63, 3.8) is 0 Å². The molecule has 0 aliphatic rings. The highest BCUT2D eigenvalue weighted by Gasteiger charge is 2.21. The number of carbonyl (C=O) groups is 1. The maximum Gasteiger partial charge on any atom is 0.248 e. The number of amides is 1. The van der Waals surface area contributed by atoms with Crippen molar-refractivity contribution in [1.82, 2.24) is 4.90 Å². The lowest BCUT2D eigenvalue weighted by atomic mass is 10.0. The van der Waals surface area contributed by atoms with Gasteiger partial charge in [0.1, 0.15) is 12.7 Å². The zero-order chi connectivity index (χ0) is 20.8. The summed E-state index contributed by atoms with van der Waals surface area (Å²) < 4.78 is 32.7. The quantitative estimate of drug-likeness (QED) is 0.544. The molecule has 0 aliphatic heterocycles. The van der Waals surface area contributed by atoms with Gasteiger partial charge >= 0.3 is 0 Å². The third kappa shape index (κ3) is 5.06. The fourth-order valence-corrected chi connectivity index (χ4v) is 3.11. The lowest BCUT2D eigenvalue weighted by Gasteiger charge is -2.27. The minimum atomic E-state index is -0.931. The highest BCUT2D eigenvalue weighted by atomic mass is 19.2. The summed E-state index contributed by atoms with van der Waals surface area (Å²) in [6, 6.07) is 22.6. The number of hydrogen-bond donors (Lipinski definition) is 0. The molecular formula is C24H23F2NO2. The molecule has 0 saturated heterocycles. The number of likely N-dealkylation sites (N-methyl/N-ethyl adjacent to an activating group) is 1. The Morgan fingerprint density at radius 1 is 0.862 bits per heavy atom. The van der Waals surface area contributed by atoms with E-state index in [1.165, 1.54) is 11.0 Å². The van der Waals surface area contributed by atoms with Gasteiger partial charge in [0.05, 0.1) is 6.04 Å². The van der Waals surface area contributed by atoms with E-state index in [0.717, 1.165) is 23.3 Å². The molecule has 3 nitrogen and oxygen atoms in total. The van der Waals surface area contributed by atoms with E-state index < -0.39 is 17.7 Å². The van der Waals surface area contributed by atoms with Gasteiger partial charge in [0, 0.05) is 7.05 Å². The summed E-state index contributed by atoms with van der Waals surface area (Å²) in [5, 5.41) is 0. The van der Waals surface area contributed by atoms with Gasteiger partial charge in [-0.25, -0.2) is 8.78 Å². The second-order valence-corrected chi connectivity index (χ2v) is 6.87. The van der Waals surface area contributed by atoms with Gasteiger partial charge in [0.15, 0.2) is 11.6 Å². The summed E-state index contributed by atoms with van der Waals surface area (Å²) in [6.45, 7) is 1.62. The van der Waals surface area contributed by atoms with Crippen molar-refractivity contribution < 1.29 is 18.3 Å². The largest absolute Gasteiger partial charge is 0.359 e. The van der Waals surface area contributed by atoms with Gasteiger partial charge in [-0.15, -0.1) is 0 Å². The molecule has 1 atom stereocenters. The fraction of sp³-hybridized carbons (Fsp3) is 0.208. The van der Waals surface area contributed by atoms with Gasteiger partial charge in [-0.05, 0) is 35.7 Å². The summed E-state index contributed by atoms with van der Waals surface area (Å²) in [5.41, 5.74) is 2.41. The molecule has 3 aromatic rings. The van der Waals surface area contributed by atoms with Gasteiger partial charge in [-0.2, -0.15) is 0 Å². The van der Waals surface area contributed by atoms with E-state index in [0.29, 0.717) is 5.56 Å². The third-order valence-corrected chi connectivity index (χ3v) is 4.98. The molecule has 1 amide bonds. The van der Waals surface area contributed by atoms with Crippen LogP contribution in [0.3, 0.4) is 0 Å². The molecule has 0 fully saturated rings. The van der Waals surface area contributed by atoms with Crippen LogP contribution in [0.1, 0.15) is 35.8 Å². The van der Waals surface area contributed by atoms with Crippen LogP contribution in [0.5, 0.6) is 0 Å². The zero-order valence-electron chi connectivity index (χ0n) is 16.4. The van der Waals surface area contributed by atoms with Gasteiger partial charge in [0.2, 0.25) is 5.91 Å². The van der Waals surface area contributed by atoms with Crippen LogP contribution >= 0.6 is 0 Å². The van der Waals surface area contributed by atoms with Crippen molar-refractivity contribution in [1.29, 1.82) is 0 Å². The summed E-state index contributed by atoms with van der Waals surface area (Å²) in [5.74, 6) is -2.09. The van der Waals surface area contributed by atoms with Crippen molar-refractivity contribution in [2.45, 2.75) is 19.1 Å². The van der Waals surface area contributed by atoms with Crippen LogP contribution < -0.4 is 0 Å². The minimum absolute atomic E-state index is 0.140. The number of hydrogen-bond acceptors (Lipinski definition) is 2. The lowest BCUT2D eigenvalue weighted by molar-refractivity contribution is -0.138. The maximum absolute atomic E-state index is 13.5. The van der Waals surface area contributed by atoms with E-state index in [4.69, 9.17) is 4.74 Å². The number of benzene rings is 3. The Kier molecular flexibility index (Phi) is 6.73. The van der Waals surface area contributed by atoms with Gasteiger partial charge in [0.25, 0.3) is 0 Å². The van der Waals surface area contributed by atoms with Crippen molar-refractivity contribution in [3.05, 3.63) is 107 Å². The zero-order valence-corrected chi connectivity index (χ0v) is 16.4. The summed E-state index contributed by atoms with van der Waals surface area (Å²) in [4.78, 5) is 14.2. The van der Waals surface area contributed by atoms with Crippen molar-refractivity contribution in [2.75, 3.05) is 13.7 Å². The number of ether oxygens (including phenoxy) is 1. The predicted molar refractivity (Wildman–Crippen MR) is 108 cm³/mol. The van der Waals surface area contributed by atoms with Crippen LogP contribution in [-0.2, 0) is 9.53 Å². The monoisotopic (exact) mass is 395 g/mol. The molecule has 5 heteroatoms. The van der Waals surface area contributed by atoms with Gasteiger partial charge in [-0.1, -0.05) is 66.7 Å². The van der Waals surface area contributed by atoms with Crippen molar-refractivity contribution in [3.8, 4) is 0 Å². The Hall–Kier alpha value is -3.05. The Balaban J connectivity index is 1.71. The summed E-state index contributed by atoms with van der Waals surface area (Å²) in [6.07, 6.45) is -0.381. The summed E-state index contributed by atoms with van der Waals surface area (Å²) >= 11 is 0. The third-order valence-electron chi connectivity index (χ3n) is 4.98. The Bertz CT molecular complexity index is 908. The van der Waals surface area contributed by atoms with Gasteiger partial charge < -0.3 is 9.64 Å². The highest BCUT2D eigenvalue weighted by molar-refractivity contribution is 5.77. The fourth-order valence-electron chi connectivity index (χ4n) is 3.11. The number of nitrogens with zero attached hydrogens (tertiary/aromatic N) is 1. The molecule has 0 radical (unpaired) electrons. The molecule has 0 aromatic heterocycles. The Morgan fingerprint density at radius 3 is 1.93 bits per heavy atom. The van der Waals surface area contributed by atoms with Crippen LogP contribution in [0.4, 0.5) is 8.78 Å². The van der Waals surface area contributed by atoms with Gasteiger partial charge in [-0.3, -0.25) is 4.79 Å². The van der Waals surface area contributed by atoms with E-state index in [1.54, 1.807) is 14.0 Å². The molecule has 0 saturated carbocycles.